The minimum Gasteiger partial charge on any atom is -0.492 e. The molecule has 1 aliphatic carbocycles. The summed E-state index contributed by atoms with van der Waals surface area (Å²) in [5.74, 6) is 1.38. The maximum Gasteiger partial charge on any atom is 0.155 e. The van der Waals surface area contributed by atoms with Crippen molar-refractivity contribution in [2.24, 2.45) is 5.92 Å². The SMILES string of the molecule is C=C(C)C1COC(c2ccc(Cl)cc2)=C1CC1=CC(=O)CC1. The van der Waals surface area contributed by atoms with Crippen LogP contribution < -0.4 is 0 Å². The number of rotatable bonds is 4. The van der Waals surface area contributed by atoms with Crippen LogP contribution in [-0.4, -0.2) is 12.4 Å². The molecule has 1 aromatic carbocycles. The number of allylic oxidation sites excluding steroid dienone is 2. The van der Waals surface area contributed by atoms with Gasteiger partial charge in [-0.2, -0.15) is 0 Å². The second kappa shape index (κ2) is 6.13. The summed E-state index contributed by atoms with van der Waals surface area (Å²) >= 11 is 5.97. The summed E-state index contributed by atoms with van der Waals surface area (Å²) in [6.45, 7) is 6.76. The van der Waals surface area contributed by atoms with Crippen LogP contribution >= 0.6 is 11.6 Å². The predicted octanol–water partition coefficient (Wildman–Crippen LogP) is 4.95. The molecule has 22 heavy (non-hydrogen) atoms. The van der Waals surface area contributed by atoms with E-state index in [2.05, 4.69) is 6.58 Å². The molecule has 0 amide bonds. The van der Waals surface area contributed by atoms with E-state index < -0.39 is 0 Å². The van der Waals surface area contributed by atoms with Crippen LogP contribution in [0, 0.1) is 5.92 Å². The first kappa shape index (κ1) is 15.1. The number of hydrogen-bond acceptors (Lipinski definition) is 2. The van der Waals surface area contributed by atoms with Crippen LogP contribution in [0.5, 0.6) is 0 Å². The zero-order chi connectivity index (χ0) is 15.7. The molecule has 0 fully saturated rings. The van der Waals surface area contributed by atoms with Gasteiger partial charge in [0.1, 0.15) is 5.76 Å². The van der Waals surface area contributed by atoms with Crippen molar-refractivity contribution >= 4 is 23.1 Å². The highest BCUT2D eigenvalue weighted by Crippen LogP contribution is 2.40. The number of carbonyl (C=O) groups is 1. The summed E-state index contributed by atoms with van der Waals surface area (Å²) in [7, 11) is 0. The molecule has 2 aliphatic rings. The van der Waals surface area contributed by atoms with Crippen molar-refractivity contribution in [2.45, 2.75) is 26.2 Å². The fourth-order valence-corrected chi connectivity index (χ4v) is 3.20. The Hall–Kier alpha value is -1.80. The Kier molecular flexibility index (Phi) is 4.21. The molecule has 0 aromatic heterocycles. The maximum atomic E-state index is 11.5. The van der Waals surface area contributed by atoms with E-state index in [4.69, 9.17) is 16.3 Å². The van der Waals surface area contributed by atoms with E-state index in [1.54, 1.807) is 6.08 Å². The van der Waals surface area contributed by atoms with Crippen molar-refractivity contribution < 1.29 is 9.53 Å². The fraction of sp³-hybridized carbons (Fsp3) is 0.316. The van der Waals surface area contributed by atoms with Gasteiger partial charge in [0.15, 0.2) is 5.78 Å². The van der Waals surface area contributed by atoms with E-state index in [1.165, 1.54) is 11.1 Å². The Morgan fingerprint density at radius 3 is 2.64 bits per heavy atom. The van der Waals surface area contributed by atoms with Crippen LogP contribution in [0.3, 0.4) is 0 Å². The van der Waals surface area contributed by atoms with Crippen molar-refractivity contribution in [2.75, 3.05) is 6.61 Å². The fourth-order valence-electron chi connectivity index (χ4n) is 3.07. The summed E-state index contributed by atoms with van der Waals surface area (Å²) in [5, 5.41) is 0.712. The maximum absolute atomic E-state index is 11.5. The van der Waals surface area contributed by atoms with E-state index in [0.29, 0.717) is 18.1 Å². The topological polar surface area (TPSA) is 26.3 Å². The van der Waals surface area contributed by atoms with Gasteiger partial charge < -0.3 is 4.74 Å². The first-order valence-corrected chi connectivity index (χ1v) is 7.92. The first-order valence-electron chi connectivity index (χ1n) is 7.54. The largest absolute Gasteiger partial charge is 0.492 e. The molecule has 0 N–H and O–H groups in total. The van der Waals surface area contributed by atoms with E-state index in [0.717, 1.165) is 29.7 Å². The lowest BCUT2D eigenvalue weighted by atomic mass is 9.88. The minimum atomic E-state index is 0.224. The molecular weight excluding hydrogens is 296 g/mol. The Balaban J connectivity index is 1.97. The molecule has 1 atom stereocenters. The molecule has 2 nitrogen and oxygen atoms in total. The van der Waals surface area contributed by atoms with Gasteiger partial charge in [-0.3, -0.25) is 4.79 Å². The zero-order valence-electron chi connectivity index (χ0n) is 12.7. The molecule has 3 rings (SSSR count). The van der Waals surface area contributed by atoms with Crippen molar-refractivity contribution in [3.05, 3.63) is 64.2 Å². The van der Waals surface area contributed by atoms with Gasteiger partial charge in [0, 0.05) is 22.9 Å². The van der Waals surface area contributed by atoms with E-state index in [1.807, 2.05) is 31.2 Å². The van der Waals surface area contributed by atoms with Gasteiger partial charge in [0.05, 0.1) is 6.61 Å². The Bertz CT molecular complexity index is 680. The van der Waals surface area contributed by atoms with Crippen molar-refractivity contribution in [1.82, 2.24) is 0 Å². The quantitative estimate of drug-likeness (QED) is 0.735. The zero-order valence-corrected chi connectivity index (χ0v) is 13.5. The van der Waals surface area contributed by atoms with Gasteiger partial charge in [0.25, 0.3) is 0 Å². The Labute approximate surface area is 136 Å². The van der Waals surface area contributed by atoms with Crippen LogP contribution in [0.2, 0.25) is 5.02 Å². The van der Waals surface area contributed by atoms with Gasteiger partial charge in [-0.25, -0.2) is 0 Å². The molecule has 0 radical (unpaired) electrons. The molecule has 0 saturated heterocycles. The van der Waals surface area contributed by atoms with Crippen LogP contribution in [-0.2, 0) is 9.53 Å². The summed E-state index contributed by atoms with van der Waals surface area (Å²) in [4.78, 5) is 11.5. The van der Waals surface area contributed by atoms with E-state index in [9.17, 15) is 4.79 Å². The third-order valence-electron chi connectivity index (χ3n) is 4.28. The average molecular weight is 315 g/mol. The normalized spacial score (nSPS) is 21.1. The molecule has 3 heteroatoms. The van der Waals surface area contributed by atoms with Gasteiger partial charge >= 0.3 is 0 Å². The molecule has 114 valence electrons. The van der Waals surface area contributed by atoms with Crippen molar-refractivity contribution in [1.29, 1.82) is 0 Å². The van der Waals surface area contributed by atoms with E-state index >= 15 is 0 Å². The van der Waals surface area contributed by atoms with Crippen LogP contribution in [0.15, 0.2) is 53.6 Å². The summed E-state index contributed by atoms with van der Waals surface area (Å²) in [6.07, 6.45) is 4.08. The van der Waals surface area contributed by atoms with Gasteiger partial charge in [-0.1, -0.05) is 29.3 Å². The summed E-state index contributed by atoms with van der Waals surface area (Å²) in [5.41, 5.74) is 4.57. The van der Waals surface area contributed by atoms with Crippen molar-refractivity contribution in [3.63, 3.8) is 0 Å². The molecule has 1 aliphatic heterocycles. The standard InChI is InChI=1S/C19H19ClO2/c1-12(2)18-11-22-19(14-4-6-15(20)7-5-14)17(18)10-13-3-8-16(21)9-13/h4-7,9,18H,1,3,8,10-11H2,2H3. The van der Waals surface area contributed by atoms with Crippen molar-refractivity contribution in [3.8, 4) is 0 Å². The molecule has 0 bridgehead atoms. The second-order valence-corrected chi connectivity index (χ2v) is 6.45. The summed E-state index contributed by atoms with van der Waals surface area (Å²) < 4.78 is 5.97. The number of ketones is 1. The Morgan fingerprint density at radius 2 is 2.05 bits per heavy atom. The number of ether oxygens (including phenoxy) is 1. The van der Waals surface area contributed by atoms with Crippen LogP contribution in [0.25, 0.3) is 5.76 Å². The lowest BCUT2D eigenvalue weighted by Crippen LogP contribution is -2.05. The average Bonchev–Trinajstić information content (AvgIpc) is 3.07. The molecular formula is C19H19ClO2. The number of hydrogen-bond donors (Lipinski definition) is 0. The van der Waals surface area contributed by atoms with Gasteiger partial charge in [-0.15, -0.1) is 0 Å². The number of halogens is 1. The summed E-state index contributed by atoms with van der Waals surface area (Å²) in [6, 6.07) is 7.70. The molecule has 1 aromatic rings. The number of benzene rings is 1. The highest BCUT2D eigenvalue weighted by atomic mass is 35.5. The number of carbonyl (C=O) groups excluding carboxylic acids is 1. The molecule has 0 saturated carbocycles. The Morgan fingerprint density at radius 1 is 1.32 bits per heavy atom. The highest BCUT2D eigenvalue weighted by Gasteiger charge is 2.30. The van der Waals surface area contributed by atoms with Gasteiger partial charge in [0.2, 0.25) is 0 Å². The first-order chi connectivity index (χ1) is 10.5. The van der Waals surface area contributed by atoms with E-state index in [-0.39, 0.29) is 11.7 Å². The third-order valence-corrected chi connectivity index (χ3v) is 4.54. The molecule has 1 heterocycles. The predicted molar refractivity (Wildman–Crippen MR) is 89.6 cm³/mol. The lowest BCUT2D eigenvalue weighted by Gasteiger charge is -2.13. The smallest absolute Gasteiger partial charge is 0.155 e. The minimum absolute atomic E-state index is 0.224. The monoisotopic (exact) mass is 314 g/mol. The molecule has 0 spiro atoms. The van der Waals surface area contributed by atoms with Crippen LogP contribution in [0.1, 0.15) is 31.7 Å². The van der Waals surface area contributed by atoms with Crippen LogP contribution in [0.4, 0.5) is 0 Å². The third kappa shape index (κ3) is 3.02. The highest BCUT2D eigenvalue weighted by molar-refractivity contribution is 6.30. The second-order valence-electron chi connectivity index (χ2n) is 6.02. The lowest BCUT2D eigenvalue weighted by molar-refractivity contribution is -0.114. The molecule has 1 unspecified atom stereocenters. The van der Waals surface area contributed by atoms with Gasteiger partial charge in [-0.05, 0) is 55.7 Å².